The molecule has 0 bridgehead atoms. The zero-order valence-electron chi connectivity index (χ0n) is 11.6. The molecule has 0 unspecified atom stereocenters. The van der Waals surface area contributed by atoms with Crippen LogP contribution in [0.5, 0.6) is 5.75 Å². The van der Waals surface area contributed by atoms with Gasteiger partial charge in [-0.05, 0) is 20.9 Å². The van der Waals surface area contributed by atoms with Gasteiger partial charge in [0.25, 0.3) is 0 Å². The monoisotopic (exact) mass is 270 g/mol. The maximum Gasteiger partial charge on any atom is 0.223 e. The highest BCUT2D eigenvalue weighted by atomic mass is 16.3. The van der Waals surface area contributed by atoms with Crippen LogP contribution in [-0.2, 0) is 13.2 Å². The van der Waals surface area contributed by atoms with E-state index < -0.39 is 5.43 Å². The number of likely N-dealkylation sites (N-methyl/N-ethyl adjacent to an activating group) is 1. The second-order valence-electron chi connectivity index (χ2n) is 4.88. The average Bonchev–Trinajstić information content (AvgIpc) is 2.34. The first kappa shape index (κ1) is 15.7. The van der Waals surface area contributed by atoms with Gasteiger partial charge in [0.05, 0.1) is 18.9 Å². The first-order chi connectivity index (χ1) is 8.92. The third-order valence-corrected chi connectivity index (χ3v) is 2.98. The standard InChI is InChI=1S/C13H22N2O4/c1-9(2)15-10(8-17)6-12(18)13(19)11(15)7-14(3)4-5-16/h6,9,16-17,19H,4-5,7-8H2,1-3H3. The van der Waals surface area contributed by atoms with Gasteiger partial charge in [-0.3, -0.25) is 9.69 Å². The van der Waals surface area contributed by atoms with Crippen LogP contribution in [0.4, 0.5) is 0 Å². The molecule has 1 aromatic rings. The molecule has 0 fully saturated rings. The highest BCUT2D eigenvalue weighted by molar-refractivity contribution is 5.30. The number of aliphatic hydroxyl groups excluding tert-OH is 2. The van der Waals surface area contributed by atoms with Crippen molar-refractivity contribution in [2.75, 3.05) is 20.2 Å². The van der Waals surface area contributed by atoms with Gasteiger partial charge in [0, 0.05) is 30.9 Å². The molecule has 19 heavy (non-hydrogen) atoms. The molecule has 0 amide bonds. The third kappa shape index (κ3) is 3.56. The Morgan fingerprint density at radius 1 is 1.37 bits per heavy atom. The maximum absolute atomic E-state index is 11.7. The van der Waals surface area contributed by atoms with Gasteiger partial charge in [-0.2, -0.15) is 0 Å². The molecule has 6 nitrogen and oxygen atoms in total. The van der Waals surface area contributed by atoms with Gasteiger partial charge in [0.1, 0.15) is 0 Å². The Bertz CT molecular complexity index is 482. The van der Waals surface area contributed by atoms with Crippen LogP contribution in [0.3, 0.4) is 0 Å². The molecular formula is C13H22N2O4. The summed E-state index contributed by atoms with van der Waals surface area (Å²) in [6.45, 7) is 4.34. The largest absolute Gasteiger partial charge is 0.503 e. The van der Waals surface area contributed by atoms with Crippen LogP contribution in [0.25, 0.3) is 0 Å². The van der Waals surface area contributed by atoms with E-state index in [1.165, 1.54) is 6.07 Å². The summed E-state index contributed by atoms with van der Waals surface area (Å²) in [5.41, 5.74) is 0.445. The van der Waals surface area contributed by atoms with Crippen molar-refractivity contribution in [2.45, 2.75) is 33.0 Å². The summed E-state index contributed by atoms with van der Waals surface area (Å²) in [6, 6.07) is 1.26. The van der Waals surface area contributed by atoms with Gasteiger partial charge >= 0.3 is 0 Å². The van der Waals surface area contributed by atoms with Crippen LogP contribution in [0, 0.1) is 0 Å². The molecule has 0 saturated carbocycles. The molecule has 0 saturated heterocycles. The van der Waals surface area contributed by atoms with Gasteiger partial charge in [-0.25, -0.2) is 0 Å². The lowest BCUT2D eigenvalue weighted by atomic mass is 10.2. The van der Waals surface area contributed by atoms with E-state index in [9.17, 15) is 15.0 Å². The van der Waals surface area contributed by atoms with Gasteiger partial charge in [-0.1, -0.05) is 0 Å². The first-order valence-corrected chi connectivity index (χ1v) is 6.28. The third-order valence-electron chi connectivity index (χ3n) is 2.98. The Kier molecular flexibility index (Phi) is 5.53. The van der Waals surface area contributed by atoms with E-state index in [0.29, 0.717) is 24.5 Å². The highest BCUT2D eigenvalue weighted by Gasteiger charge is 2.17. The summed E-state index contributed by atoms with van der Waals surface area (Å²) >= 11 is 0. The van der Waals surface area contributed by atoms with Crippen LogP contribution in [0.2, 0.25) is 0 Å². The summed E-state index contributed by atoms with van der Waals surface area (Å²) in [6.07, 6.45) is 0. The fourth-order valence-corrected chi connectivity index (χ4v) is 2.14. The lowest BCUT2D eigenvalue weighted by molar-refractivity contribution is 0.209. The molecule has 0 aromatic carbocycles. The Labute approximate surface area is 112 Å². The molecule has 0 aliphatic carbocycles. The zero-order valence-corrected chi connectivity index (χ0v) is 11.6. The number of pyridine rings is 1. The predicted molar refractivity (Wildman–Crippen MR) is 72.1 cm³/mol. The number of aromatic nitrogens is 1. The summed E-state index contributed by atoms with van der Waals surface area (Å²) in [4.78, 5) is 13.5. The zero-order chi connectivity index (χ0) is 14.6. The minimum atomic E-state index is -0.492. The Morgan fingerprint density at radius 3 is 2.47 bits per heavy atom. The van der Waals surface area contributed by atoms with E-state index in [1.54, 1.807) is 16.5 Å². The van der Waals surface area contributed by atoms with Crippen molar-refractivity contribution in [3.05, 3.63) is 27.7 Å². The Balaban J connectivity index is 3.33. The van der Waals surface area contributed by atoms with Crippen molar-refractivity contribution in [3.63, 3.8) is 0 Å². The summed E-state index contributed by atoms with van der Waals surface area (Å²) < 4.78 is 1.75. The second-order valence-corrected chi connectivity index (χ2v) is 4.88. The summed E-state index contributed by atoms with van der Waals surface area (Å²) in [5, 5.41) is 28.2. The van der Waals surface area contributed by atoms with Crippen LogP contribution in [-0.4, -0.2) is 45.0 Å². The quantitative estimate of drug-likeness (QED) is 0.680. The molecular weight excluding hydrogens is 248 g/mol. The van der Waals surface area contributed by atoms with Crippen LogP contribution < -0.4 is 5.43 Å². The van der Waals surface area contributed by atoms with E-state index in [4.69, 9.17) is 5.11 Å². The number of aromatic hydroxyl groups is 1. The molecule has 1 rings (SSSR count). The van der Waals surface area contributed by atoms with Gasteiger partial charge in [0.15, 0.2) is 5.75 Å². The van der Waals surface area contributed by atoms with E-state index >= 15 is 0 Å². The fraction of sp³-hybridized carbons (Fsp3) is 0.615. The van der Waals surface area contributed by atoms with Crippen molar-refractivity contribution in [1.29, 1.82) is 0 Å². The number of hydrogen-bond acceptors (Lipinski definition) is 5. The highest BCUT2D eigenvalue weighted by Crippen LogP contribution is 2.21. The smallest absolute Gasteiger partial charge is 0.223 e. The van der Waals surface area contributed by atoms with Crippen molar-refractivity contribution in [3.8, 4) is 5.75 Å². The lowest BCUT2D eigenvalue weighted by Gasteiger charge is -2.25. The predicted octanol–water partition coefficient (Wildman–Crippen LogP) is 0.0512. The lowest BCUT2D eigenvalue weighted by Crippen LogP contribution is -2.27. The molecule has 1 aromatic heterocycles. The second kappa shape index (κ2) is 6.70. The molecule has 0 aliphatic rings. The first-order valence-electron chi connectivity index (χ1n) is 6.28. The molecule has 0 radical (unpaired) electrons. The molecule has 108 valence electrons. The SMILES string of the molecule is CC(C)n1c(CO)cc(=O)c(O)c1CN(C)CCO. The van der Waals surface area contributed by atoms with E-state index in [2.05, 4.69) is 0 Å². The van der Waals surface area contributed by atoms with Crippen LogP contribution in [0.15, 0.2) is 10.9 Å². The Hall–Kier alpha value is -1.37. The summed E-state index contributed by atoms with van der Waals surface area (Å²) in [5.74, 6) is -0.296. The molecule has 0 atom stereocenters. The normalized spacial score (nSPS) is 11.5. The van der Waals surface area contributed by atoms with Crippen LogP contribution >= 0.6 is 0 Å². The van der Waals surface area contributed by atoms with Crippen molar-refractivity contribution in [1.82, 2.24) is 9.47 Å². The fourth-order valence-electron chi connectivity index (χ4n) is 2.14. The van der Waals surface area contributed by atoms with Gasteiger partial charge in [0.2, 0.25) is 5.43 Å². The van der Waals surface area contributed by atoms with Gasteiger partial charge in [-0.15, -0.1) is 0 Å². The average molecular weight is 270 g/mol. The molecule has 3 N–H and O–H groups in total. The van der Waals surface area contributed by atoms with E-state index in [0.717, 1.165) is 0 Å². The minimum absolute atomic E-state index is 0.00284. The van der Waals surface area contributed by atoms with Crippen molar-refractivity contribution in [2.24, 2.45) is 0 Å². The number of nitrogens with zero attached hydrogens (tertiary/aromatic N) is 2. The van der Waals surface area contributed by atoms with Crippen molar-refractivity contribution >= 4 is 0 Å². The number of rotatable bonds is 6. The van der Waals surface area contributed by atoms with E-state index in [1.807, 2.05) is 13.8 Å². The maximum atomic E-state index is 11.7. The van der Waals surface area contributed by atoms with Crippen LogP contribution in [0.1, 0.15) is 31.3 Å². The summed E-state index contributed by atoms with van der Waals surface area (Å²) in [7, 11) is 1.79. The topological polar surface area (TPSA) is 85.9 Å². The number of hydrogen-bond donors (Lipinski definition) is 3. The van der Waals surface area contributed by atoms with Gasteiger partial charge < -0.3 is 19.9 Å². The minimum Gasteiger partial charge on any atom is -0.503 e. The molecule has 0 spiro atoms. The molecule has 6 heteroatoms. The number of aliphatic hydroxyl groups is 2. The van der Waals surface area contributed by atoms with E-state index in [-0.39, 0.29) is 25.0 Å². The van der Waals surface area contributed by atoms with Crippen molar-refractivity contribution < 1.29 is 15.3 Å². The molecule has 0 aliphatic heterocycles. The molecule has 1 heterocycles. The Morgan fingerprint density at radius 2 is 2.00 bits per heavy atom.